The molecular weight excluding hydrogens is 344 g/mol. The van der Waals surface area contributed by atoms with Crippen molar-refractivity contribution in [1.82, 2.24) is 10.2 Å². The molecule has 0 aromatic heterocycles. The van der Waals surface area contributed by atoms with Gasteiger partial charge in [-0.15, -0.1) is 0 Å². The van der Waals surface area contributed by atoms with Crippen molar-refractivity contribution in [3.8, 4) is 5.75 Å². The zero-order chi connectivity index (χ0) is 19.1. The molecule has 1 atom stereocenters. The van der Waals surface area contributed by atoms with Crippen molar-refractivity contribution >= 4 is 11.8 Å². The van der Waals surface area contributed by atoms with E-state index >= 15 is 0 Å². The van der Waals surface area contributed by atoms with Crippen LogP contribution in [0.4, 0.5) is 0 Å². The molecule has 1 N–H and O–H groups in total. The zero-order valence-corrected chi connectivity index (χ0v) is 15.4. The van der Waals surface area contributed by atoms with Crippen LogP contribution in [0, 0.1) is 6.92 Å². The monoisotopic (exact) mass is 368 g/mol. The molecule has 6 nitrogen and oxygen atoms in total. The first-order chi connectivity index (χ1) is 13.1. The van der Waals surface area contributed by atoms with E-state index in [1.807, 2.05) is 61.5 Å². The normalized spacial score (nSPS) is 16.6. The van der Waals surface area contributed by atoms with E-state index in [9.17, 15) is 9.59 Å². The number of rotatable bonds is 6. The highest BCUT2D eigenvalue weighted by atomic mass is 16.5. The van der Waals surface area contributed by atoms with E-state index in [1.165, 1.54) is 0 Å². The molecule has 27 heavy (non-hydrogen) atoms. The Bertz CT molecular complexity index is 762. The zero-order valence-electron chi connectivity index (χ0n) is 15.4. The second kappa shape index (κ2) is 9.19. The van der Waals surface area contributed by atoms with E-state index in [0.717, 1.165) is 11.1 Å². The van der Waals surface area contributed by atoms with Crippen molar-refractivity contribution in [2.75, 3.05) is 32.8 Å². The number of morpholine rings is 1. The molecule has 2 amide bonds. The predicted octanol–water partition coefficient (Wildman–Crippen LogP) is 2.09. The SMILES string of the molecule is Cc1ccc(OCC(=O)NCC(=O)N2CCOC(c3ccccc3)C2)cc1. The number of nitrogens with zero attached hydrogens (tertiary/aromatic N) is 1. The van der Waals surface area contributed by atoms with E-state index < -0.39 is 0 Å². The summed E-state index contributed by atoms with van der Waals surface area (Å²) in [6.45, 7) is 3.31. The third-order valence-corrected chi connectivity index (χ3v) is 4.42. The smallest absolute Gasteiger partial charge is 0.258 e. The molecule has 2 aromatic carbocycles. The van der Waals surface area contributed by atoms with Crippen LogP contribution in [0.15, 0.2) is 54.6 Å². The van der Waals surface area contributed by atoms with Crippen LogP contribution in [0.5, 0.6) is 5.75 Å². The molecule has 1 aliphatic heterocycles. The minimum atomic E-state index is -0.322. The summed E-state index contributed by atoms with van der Waals surface area (Å²) in [5.74, 6) is 0.181. The van der Waals surface area contributed by atoms with E-state index in [-0.39, 0.29) is 31.1 Å². The number of benzene rings is 2. The fourth-order valence-electron chi connectivity index (χ4n) is 2.87. The van der Waals surface area contributed by atoms with Gasteiger partial charge in [-0.05, 0) is 24.6 Å². The van der Waals surface area contributed by atoms with Crippen LogP contribution in [-0.2, 0) is 14.3 Å². The summed E-state index contributed by atoms with van der Waals surface area (Å²) in [5.41, 5.74) is 2.17. The molecule has 142 valence electrons. The number of nitrogens with one attached hydrogen (secondary N) is 1. The molecule has 0 saturated carbocycles. The Balaban J connectivity index is 1.43. The first-order valence-electron chi connectivity index (χ1n) is 9.02. The fourth-order valence-corrected chi connectivity index (χ4v) is 2.87. The number of hydrogen-bond acceptors (Lipinski definition) is 4. The number of hydrogen-bond donors (Lipinski definition) is 1. The van der Waals surface area contributed by atoms with Crippen LogP contribution in [0.2, 0.25) is 0 Å². The number of ether oxygens (including phenoxy) is 2. The van der Waals surface area contributed by atoms with Crippen LogP contribution >= 0.6 is 0 Å². The molecule has 2 aromatic rings. The minimum Gasteiger partial charge on any atom is -0.484 e. The Morgan fingerprint density at radius 1 is 1.15 bits per heavy atom. The van der Waals surface area contributed by atoms with Gasteiger partial charge in [-0.25, -0.2) is 0 Å². The summed E-state index contributed by atoms with van der Waals surface area (Å²) in [7, 11) is 0. The van der Waals surface area contributed by atoms with Crippen LogP contribution < -0.4 is 10.1 Å². The van der Waals surface area contributed by atoms with E-state index in [0.29, 0.717) is 25.4 Å². The molecule has 1 aliphatic rings. The van der Waals surface area contributed by atoms with Crippen LogP contribution in [0.1, 0.15) is 17.2 Å². The lowest BCUT2D eigenvalue weighted by atomic mass is 10.1. The number of amides is 2. The van der Waals surface area contributed by atoms with Gasteiger partial charge in [0.2, 0.25) is 5.91 Å². The van der Waals surface area contributed by atoms with Crippen LogP contribution in [0.3, 0.4) is 0 Å². The topological polar surface area (TPSA) is 67.9 Å². The van der Waals surface area contributed by atoms with Gasteiger partial charge in [0.05, 0.1) is 19.7 Å². The molecule has 6 heteroatoms. The lowest BCUT2D eigenvalue weighted by molar-refractivity contribution is -0.139. The highest BCUT2D eigenvalue weighted by Gasteiger charge is 2.25. The number of carbonyl (C=O) groups is 2. The third kappa shape index (κ3) is 5.56. The van der Waals surface area contributed by atoms with Gasteiger partial charge in [0.15, 0.2) is 6.61 Å². The average molecular weight is 368 g/mol. The molecular formula is C21H24N2O4. The Kier molecular flexibility index (Phi) is 6.44. The molecule has 0 bridgehead atoms. The predicted molar refractivity (Wildman–Crippen MR) is 101 cm³/mol. The van der Waals surface area contributed by atoms with E-state index in [2.05, 4.69) is 5.32 Å². The highest BCUT2D eigenvalue weighted by molar-refractivity contribution is 5.85. The van der Waals surface area contributed by atoms with Crippen LogP contribution in [-0.4, -0.2) is 49.6 Å². The van der Waals surface area contributed by atoms with E-state index in [4.69, 9.17) is 9.47 Å². The lowest BCUT2D eigenvalue weighted by Gasteiger charge is -2.33. The number of aryl methyl sites for hydroxylation is 1. The second-order valence-corrected chi connectivity index (χ2v) is 6.49. The van der Waals surface area contributed by atoms with Crippen molar-refractivity contribution in [3.63, 3.8) is 0 Å². The Morgan fingerprint density at radius 2 is 1.89 bits per heavy atom. The largest absolute Gasteiger partial charge is 0.484 e. The highest BCUT2D eigenvalue weighted by Crippen LogP contribution is 2.21. The first kappa shape index (κ1) is 18.9. The summed E-state index contributed by atoms with van der Waals surface area (Å²) >= 11 is 0. The quantitative estimate of drug-likeness (QED) is 0.848. The van der Waals surface area contributed by atoms with Gasteiger partial charge in [-0.3, -0.25) is 9.59 Å². The molecule has 1 unspecified atom stereocenters. The average Bonchev–Trinajstić information content (AvgIpc) is 2.72. The summed E-state index contributed by atoms with van der Waals surface area (Å²) in [4.78, 5) is 26.1. The summed E-state index contributed by atoms with van der Waals surface area (Å²) < 4.78 is 11.2. The van der Waals surface area contributed by atoms with Crippen molar-refractivity contribution in [2.45, 2.75) is 13.0 Å². The Hall–Kier alpha value is -2.86. The van der Waals surface area contributed by atoms with Crippen LogP contribution in [0.25, 0.3) is 0 Å². The van der Waals surface area contributed by atoms with Crippen molar-refractivity contribution in [2.24, 2.45) is 0 Å². The van der Waals surface area contributed by atoms with Gasteiger partial charge < -0.3 is 19.7 Å². The first-order valence-corrected chi connectivity index (χ1v) is 9.02. The van der Waals surface area contributed by atoms with Gasteiger partial charge in [0.1, 0.15) is 11.9 Å². The summed E-state index contributed by atoms with van der Waals surface area (Å²) in [6.07, 6.45) is -0.135. The second-order valence-electron chi connectivity index (χ2n) is 6.49. The molecule has 1 fully saturated rings. The van der Waals surface area contributed by atoms with E-state index in [1.54, 1.807) is 4.90 Å². The Labute approximate surface area is 159 Å². The summed E-state index contributed by atoms with van der Waals surface area (Å²) in [5, 5.41) is 2.62. The molecule has 0 radical (unpaired) electrons. The van der Waals surface area contributed by atoms with Gasteiger partial charge in [0, 0.05) is 6.54 Å². The molecule has 3 rings (SSSR count). The fraction of sp³-hybridized carbons (Fsp3) is 0.333. The van der Waals surface area contributed by atoms with Crippen molar-refractivity contribution in [1.29, 1.82) is 0 Å². The summed E-state index contributed by atoms with van der Waals surface area (Å²) in [6, 6.07) is 17.3. The standard InChI is InChI=1S/C21H24N2O4/c1-16-7-9-18(10-8-16)27-15-20(24)22-13-21(25)23-11-12-26-19(14-23)17-5-3-2-4-6-17/h2-10,19H,11-15H2,1H3,(H,22,24). The van der Waals surface area contributed by atoms with Crippen molar-refractivity contribution in [3.05, 3.63) is 65.7 Å². The number of carbonyl (C=O) groups excluding carboxylic acids is 2. The molecule has 0 aliphatic carbocycles. The maximum atomic E-state index is 12.4. The van der Waals surface area contributed by atoms with Gasteiger partial charge in [-0.2, -0.15) is 0 Å². The lowest BCUT2D eigenvalue weighted by Crippen LogP contribution is -2.47. The molecule has 0 spiro atoms. The Morgan fingerprint density at radius 3 is 2.63 bits per heavy atom. The third-order valence-electron chi connectivity index (χ3n) is 4.42. The maximum absolute atomic E-state index is 12.4. The maximum Gasteiger partial charge on any atom is 0.258 e. The van der Waals surface area contributed by atoms with Gasteiger partial charge >= 0.3 is 0 Å². The van der Waals surface area contributed by atoms with Gasteiger partial charge in [0.25, 0.3) is 5.91 Å². The van der Waals surface area contributed by atoms with Gasteiger partial charge in [-0.1, -0.05) is 48.0 Å². The molecule has 1 heterocycles. The van der Waals surface area contributed by atoms with Crippen molar-refractivity contribution < 1.29 is 19.1 Å². The molecule has 1 saturated heterocycles. The minimum absolute atomic E-state index is 0.0440.